The van der Waals surface area contributed by atoms with Crippen molar-refractivity contribution in [3.05, 3.63) is 36.4 Å². The predicted molar refractivity (Wildman–Crippen MR) is 87.5 cm³/mol. The highest BCUT2D eigenvalue weighted by Crippen LogP contribution is 2.23. The maximum atomic E-state index is 5.85. The van der Waals surface area contributed by atoms with E-state index in [1.807, 2.05) is 18.2 Å². The molecule has 0 atom stereocenters. The molecule has 0 N–H and O–H groups in total. The van der Waals surface area contributed by atoms with Crippen LogP contribution in [0.3, 0.4) is 0 Å². The van der Waals surface area contributed by atoms with Crippen LogP contribution in [0.5, 0.6) is 5.75 Å². The summed E-state index contributed by atoms with van der Waals surface area (Å²) in [7, 11) is 1.32. The molecule has 4 nitrogen and oxygen atoms in total. The molecule has 0 bridgehead atoms. The summed E-state index contributed by atoms with van der Waals surface area (Å²) in [4.78, 5) is 0. The van der Waals surface area contributed by atoms with Gasteiger partial charge >= 0.3 is 7.12 Å². The fourth-order valence-corrected chi connectivity index (χ4v) is 2.49. The van der Waals surface area contributed by atoms with Gasteiger partial charge in [0.05, 0.1) is 0 Å². The largest absolute Gasteiger partial charge is 0.493 e. The molecule has 1 heterocycles. The van der Waals surface area contributed by atoms with Gasteiger partial charge in [0.2, 0.25) is 0 Å². The Labute approximate surface area is 131 Å². The summed E-state index contributed by atoms with van der Waals surface area (Å²) in [5.41, 5.74) is 1.11. The van der Waals surface area contributed by atoms with E-state index in [0.29, 0.717) is 13.2 Å². The molecule has 1 fully saturated rings. The number of methoxy groups -OCH3 is 1. The van der Waals surface area contributed by atoms with E-state index in [9.17, 15) is 0 Å². The van der Waals surface area contributed by atoms with Gasteiger partial charge in [-0.1, -0.05) is 38.1 Å². The Hall–Kier alpha value is -1.56. The summed E-state index contributed by atoms with van der Waals surface area (Å²) >= 11 is 0. The second-order valence-corrected chi connectivity index (χ2v) is 6.44. The van der Waals surface area contributed by atoms with Crippen molar-refractivity contribution in [3.63, 3.8) is 0 Å². The van der Waals surface area contributed by atoms with Gasteiger partial charge in [0.15, 0.2) is 6.79 Å². The van der Waals surface area contributed by atoms with E-state index in [4.69, 9.17) is 18.8 Å². The first-order valence-electron chi connectivity index (χ1n) is 7.46. The Kier molecular flexibility index (Phi) is 4.38. The van der Waals surface area contributed by atoms with E-state index in [-0.39, 0.29) is 19.3 Å². The van der Waals surface area contributed by atoms with Crippen LogP contribution in [-0.4, -0.2) is 34.2 Å². The van der Waals surface area contributed by atoms with E-state index in [1.54, 1.807) is 7.11 Å². The zero-order chi connectivity index (χ0) is 15.6. The first kappa shape index (κ1) is 15.3. The van der Waals surface area contributed by atoms with Crippen molar-refractivity contribution in [1.29, 1.82) is 0 Å². The monoisotopic (exact) mass is 300 g/mol. The zero-order valence-corrected chi connectivity index (χ0v) is 13.3. The Balaban J connectivity index is 1.82. The van der Waals surface area contributed by atoms with Crippen LogP contribution in [0.2, 0.25) is 0 Å². The maximum absolute atomic E-state index is 5.85. The van der Waals surface area contributed by atoms with E-state index in [1.165, 1.54) is 0 Å². The summed E-state index contributed by atoms with van der Waals surface area (Å²) in [5, 5.41) is 2.26. The Bertz CT molecular complexity index is 646. The van der Waals surface area contributed by atoms with Gasteiger partial charge in [-0.25, -0.2) is 0 Å². The van der Waals surface area contributed by atoms with Crippen molar-refractivity contribution < 1.29 is 18.8 Å². The third-order valence-corrected chi connectivity index (χ3v) is 3.70. The fraction of sp³-hybridized carbons (Fsp3) is 0.412. The minimum Gasteiger partial charge on any atom is -0.468 e. The summed E-state index contributed by atoms with van der Waals surface area (Å²) < 4.78 is 22.1. The molecule has 0 amide bonds. The molecule has 0 unspecified atom stereocenters. The lowest BCUT2D eigenvalue weighted by Crippen LogP contribution is -2.47. The molecule has 1 saturated heterocycles. The summed E-state index contributed by atoms with van der Waals surface area (Å²) in [6.07, 6.45) is 0. The average Bonchev–Trinajstić information content (AvgIpc) is 2.52. The SMILES string of the molecule is COCOc1ccc2ccc(B3OCC(C)(C)CO3)cc2c1. The van der Waals surface area contributed by atoms with Crippen LogP contribution in [0.15, 0.2) is 36.4 Å². The van der Waals surface area contributed by atoms with Crippen LogP contribution in [0.25, 0.3) is 10.8 Å². The van der Waals surface area contributed by atoms with Crippen LogP contribution in [0.4, 0.5) is 0 Å². The summed E-state index contributed by atoms with van der Waals surface area (Å²) in [5.74, 6) is 0.790. The lowest BCUT2D eigenvalue weighted by Gasteiger charge is -2.33. The van der Waals surface area contributed by atoms with Gasteiger partial charge in [0.1, 0.15) is 5.75 Å². The molecule has 1 aliphatic heterocycles. The molecular formula is C17H21BO4. The summed E-state index contributed by atoms with van der Waals surface area (Å²) in [6, 6.07) is 12.2. The first-order chi connectivity index (χ1) is 10.6. The van der Waals surface area contributed by atoms with Crippen molar-refractivity contribution in [2.45, 2.75) is 13.8 Å². The minimum absolute atomic E-state index is 0.0779. The van der Waals surface area contributed by atoms with Crippen LogP contribution >= 0.6 is 0 Å². The van der Waals surface area contributed by atoms with Crippen LogP contribution in [0.1, 0.15) is 13.8 Å². The Morgan fingerprint density at radius 2 is 1.77 bits per heavy atom. The Morgan fingerprint density at radius 1 is 1.05 bits per heavy atom. The van der Waals surface area contributed by atoms with Crippen molar-refractivity contribution in [1.82, 2.24) is 0 Å². The third-order valence-electron chi connectivity index (χ3n) is 3.70. The van der Waals surface area contributed by atoms with Crippen LogP contribution in [-0.2, 0) is 14.0 Å². The second kappa shape index (κ2) is 6.28. The lowest BCUT2D eigenvalue weighted by atomic mass is 9.75. The van der Waals surface area contributed by atoms with Crippen molar-refractivity contribution >= 4 is 23.4 Å². The zero-order valence-electron chi connectivity index (χ0n) is 13.3. The normalized spacial score (nSPS) is 17.7. The molecule has 2 aromatic rings. The molecule has 5 heteroatoms. The molecule has 116 valence electrons. The molecular weight excluding hydrogens is 279 g/mol. The quantitative estimate of drug-likeness (QED) is 0.642. The standard InChI is InChI=1S/C17H21BO4/c1-17(2)10-21-18(22-11-17)15-6-4-13-5-7-16(20-12-19-3)9-14(13)8-15/h4-9H,10-12H2,1-3H3. The van der Waals surface area contributed by atoms with E-state index in [2.05, 4.69) is 32.0 Å². The average molecular weight is 300 g/mol. The van der Waals surface area contributed by atoms with Gasteiger partial charge in [0, 0.05) is 25.7 Å². The van der Waals surface area contributed by atoms with Crippen molar-refractivity contribution in [3.8, 4) is 5.75 Å². The Morgan fingerprint density at radius 3 is 2.50 bits per heavy atom. The number of fused-ring (bicyclic) bond motifs is 1. The third kappa shape index (κ3) is 3.43. The van der Waals surface area contributed by atoms with Gasteiger partial charge in [-0.3, -0.25) is 0 Å². The van der Waals surface area contributed by atoms with E-state index >= 15 is 0 Å². The van der Waals surface area contributed by atoms with E-state index < -0.39 is 0 Å². The molecule has 22 heavy (non-hydrogen) atoms. The number of hydrogen-bond donors (Lipinski definition) is 0. The first-order valence-corrected chi connectivity index (χ1v) is 7.46. The van der Waals surface area contributed by atoms with Gasteiger partial charge in [-0.2, -0.15) is 0 Å². The number of ether oxygens (including phenoxy) is 2. The predicted octanol–water partition coefficient (Wildman–Crippen LogP) is 2.59. The van der Waals surface area contributed by atoms with Gasteiger partial charge < -0.3 is 18.8 Å². The highest BCUT2D eigenvalue weighted by molar-refractivity contribution is 6.61. The highest BCUT2D eigenvalue weighted by Gasteiger charge is 2.33. The van der Waals surface area contributed by atoms with Crippen molar-refractivity contribution in [2.75, 3.05) is 27.1 Å². The van der Waals surface area contributed by atoms with Gasteiger partial charge in [0.25, 0.3) is 0 Å². The molecule has 3 rings (SSSR count). The smallest absolute Gasteiger partial charge is 0.468 e. The highest BCUT2D eigenvalue weighted by atomic mass is 16.7. The molecule has 0 saturated carbocycles. The van der Waals surface area contributed by atoms with Crippen LogP contribution in [0, 0.1) is 5.41 Å². The van der Waals surface area contributed by atoms with Gasteiger partial charge in [-0.05, 0) is 28.4 Å². The molecule has 1 aliphatic rings. The molecule has 0 aromatic heterocycles. The van der Waals surface area contributed by atoms with Gasteiger partial charge in [-0.15, -0.1) is 0 Å². The van der Waals surface area contributed by atoms with Crippen LogP contribution < -0.4 is 10.2 Å². The molecule has 2 aromatic carbocycles. The van der Waals surface area contributed by atoms with Crippen molar-refractivity contribution in [2.24, 2.45) is 5.41 Å². The lowest BCUT2D eigenvalue weighted by molar-refractivity contribution is 0.0343. The fourth-order valence-electron chi connectivity index (χ4n) is 2.49. The topological polar surface area (TPSA) is 36.9 Å². The van der Waals surface area contributed by atoms with E-state index in [0.717, 1.165) is 22.0 Å². The maximum Gasteiger partial charge on any atom is 0.493 e. The number of hydrogen-bond acceptors (Lipinski definition) is 4. The second-order valence-electron chi connectivity index (χ2n) is 6.44. The number of rotatable bonds is 4. The molecule has 0 aliphatic carbocycles. The number of benzene rings is 2. The summed E-state index contributed by atoms with van der Waals surface area (Å²) in [6.45, 7) is 5.93. The minimum atomic E-state index is -0.291. The molecule has 0 radical (unpaired) electrons. The molecule has 0 spiro atoms.